The standard InChI is InChI=1S/C21H18ClFN4O5S/c1-32-17(28)11-13-5-4-8-24-19(13)27-12-15(14-6-3-7-16(23)18(14)22)20(29)26(21(27)30)10-9-25-33(2)31/h3-9,12H,10-11H2,1-2H3. The van der Waals surface area contributed by atoms with Crippen molar-refractivity contribution in [3.63, 3.8) is 0 Å². The van der Waals surface area contributed by atoms with Crippen LogP contribution in [-0.4, -0.2) is 43.9 Å². The summed E-state index contributed by atoms with van der Waals surface area (Å²) < 4.78 is 35.6. The van der Waals surface area contributed by atoms with Gasteiger partial charge in [0, 0.05) is 36.0 Å². The SMILES string of the molecule is COC(=O)Cc1cccnc1-n1cc(-c2cccc(F)c2Cl)c(=O)n(CC=NS(C)=O)c1=O. The maximum Gasteiger partial charge on any atom is 0.337 e. The minimum absolute atomic E-state index is 0.0608. The molecule has 2 aromatic heterocycles. The molecule has 1 unspecified atom stereocenters. The second-order valence-electron chi connectivity index (χ2n) is 6.66. The molecule has 0 radical (unpaired) electrons. The van der Waals surface area contributed by atoms with E-state index in [0.717, 1.165) is 21.4 Å². The van der Waals surface area contributed by atoms with E-state index in [2.05, 4.69) is 9.38 Å². The van der Waals surface area contributed by atoms with Crippen molar-refractivity contribution in [2.24, 2.45) is 4.40 Å². The number of methoxy groups -OCH3 is 1. The first-order valence-electron chi connectivity index (χ1n) is 9.42. The Balaban J connectivity index is 2.33. The van der Waals surface area contributed by atoms with E-state index in [1.807, 2.05) is 0 Å². The number of halogens is 2. The molecule has 0 aliphatic heterocycles. The minimum atomic E-state index is -1.54. The van der Waals surface area contributed by atoms with E-state index in [9.17, 15) is 23.0 Å². The molecule has 0 N–H and O–H groups in total. The molecule has 1 aromatic carbocycles. The van der Waals surface area contributed by atoms with Gasteiger partial charge in [-0.1, -0.05) is 29.8 Å². The summed E-state index contributed by atoms with van der Waals surface area (Å²) in [6.45, 7) is -0.308. The van der Waals surface area contributed by atoms with Crippen molar-refractivity contribution in [2.45, 2.75) is 13.0 Å². The quantitative estimate of drug-likeness (QED) is 0.368. The lowest BCUT2D eigenvalue weighted by molar-refractivity contribution is -0.139. The van der Waals surface area contributed by atoms with Gasteiger partial charge in [-0.25, -0.2) is 18.4 Å². The van der Waals surface area contributed by atoms with Gasteiger partial charge in [0.2, 0.25) is 0 Å². The highest BCUT2D eigenvalue weighted by Crippen LogP contribution is 2.28. The van der Waals surface area contributed by atoms with Crippen LogP contribution in [0.2, 0.25) is 5.02 Å². The Kier molecular flexibility index (Phi) is 7.67. The number of carbonyl (C=O) groups excluding carboxylic acids is 1. The van der Waals surface area contributed by atoms with Crippen LogP contribution in [-0.2, 0) is 33.5 Å². The zero-order valence-electron chi connectivity index (χ0n) is 17.5. The molecule has 0 fully saturated rings. The first-order chi connectivity index (χ1) is 15.7. The highest BCUT2D eigenvalue weighted by Gasteiger charge is 2.20. The Morgan fingerprint density at radius 3 is 2.73 bits per heavy atom. The van der Waals surface area contributed by atoms with Crippen molar-refractivity contribution in [3.05, 3.63) is 80.0 Å². The topological polar surface area (TPSA) is 113 Å². The van der Waals surface area contributed by atoms with Gasteiger partial charge in [-0.3, -0.25) is 18.7 Å². The van der Waals surface area contributed by atoms with E-state index >= 15 is 0 Å². The number of nitrogens with zero attached hydrogens (tertiary/aromatic N) is 4. The molecule has 0 saturated carbocycles. The van der Waals surface area contributed by atoms with Gasteiger partial charge >= 0.3 is 11.7 Å². The lowest BCUT2D eigenvalue weighted by Crippen LogP contribution is -2.40. The fourth-order valence-electron chi connectivity index (χ4n) is 3.04. The van der Waals surface area contributed by atoms with Gasteiger partial charge in [-0.15, -0.1) is 0 Å². The number of esters is 1. The number of rotatable bonds is 7. The summed E-state index contributed by atoms with van der Waals surface area (Å²) in [5, 5.41) is -0.300. The molecule has 172 valence electrons. The summed E-state index contributed by atoms with van der Waals surface area (Å²) in [6.07, 6.45) is 4.91. The van der Waals surface area contributed by atoms with E-state index in [4.69, 9.17) is 16.3 Å². The number of hydrogen-bond acceptors (Lipinski definition) is 6. The fourth-order valence-corrected chi connectivity index (χ4v) is 3.55. The number of hydrogen-bond donors (Lipinski definition) is 0. The molecule has 33 heavy (non-hydrogen) atoms. The highest BCUT2D eigenvalue weighted by molar-refractivity contribution is 7.83. The predicted octanol–water partition coefficient (Wildman–Crippen LogP) is 1.93. The summed E-state index contributed by atoms with van der Waals surface area (Å²) >= 11 is 6.10. The van der Waals surface area contributed by atoms with Crippen molar-refractivity contribution in [1.82, 2.24) is 14.1 Å². The summed E-state index contributed by atoms with van der Waals surface area (Å²) in [5.41, 5.74) is -1.22. The number of carbonyl (C=O) groups is 1. The molecule has 1 atom stereocenters. The molecule has 2 heterocycles. The average molecular weight is 493 g/mol. The number of pyridine rings is 1. The predicted molar refractivity (Wildman–Crippen MR) is 123 cm³/mol. The van der Waals surface area contributed by atoms with E-state index in [-0.39, 0.29) is 34.9 Å². The van der Waals surface area contributed by atoms with Gasteiger partial charge in [0.25, 0.3) is 5.56 Å². The summed E-state index contributed by atoms with van der Waals surface area (Å²) in [5.74, 6) is -1.23. The molecule has 0 spiro atoms. The van der Waals surface area contributed by atoms with Crippen molar-refractivity contribution in [3.8, 4) is 16.9 Å². The van der Waals surface area contributed by atoms with Crippen LogP contribution in [0.1, 0.15) is 5.56 Å². The molecule has 0 amide bonds. The second kappa shape index (κ2) is 10.5. The monoisotopic (exact) mass is 492 g/mol. The molecule has 3 aromatic rings. The van der Waals surface area contributed by atoms with Gasteiger partial charge in [-0.05, 0) is 12.1 Å². The molecular weight excluding hydrogens is 475 g/mol. The highest BCUT2D eigenvalue weighted by atomic mass is 35.5. The van der Waals surface area contributed by atoms with E-state index in [0.29, 0.717) is 5.56 Å². The average Bonchev–Trinajstić information content (AvgIpc) is 2.79. The summed E-state index contributed by atoms with van der Waals surface area (Å²) in [7, 11) is -0.315. The molecule has 12 heteroatoms. The number of aromatic nitrogens is 3. The smallest absolute Gasteiger partial charge is 0.337 e. The summed E-state index contributed by atoms with van der Waals surface area (Å²) in [4.78, 5) is 42.4. The molecule has 0 bridgehead atoms. The Bertz CT molecular complexity index is 1390. The van der Waals surface area contributed by atoms with Crippen LogP contribution in [0.4, 0.5) is 4.39 Å². The molecular formula is C21H18ClFN4O5S. The first-order valence-corrected chi connectivity index (χ1v) is 11.3. The maximum atomic E-state index is 14.1. The zero-order valence-corrected chi connectivity index (χ0v) is 19.1. The number of benzene rings is 1. The molecule has 3 rings (SSSR count). The Morgan fingerprint density at radius 1 is 1.27 bits per heavy atom. The third-order valence-electron chi connectivity index (χ3n) is 4.56. The van der Waals surface area contributed by atoms with Gasteiger partial charge in [-0.2, -0.15) is 4.40 Å². The Morgan fingerprint density at radius 2 is 2.03 bits per heavy atom. The minimum Gasteiger partial charge on any atom is -0.469 e. The van der Waals surface area contributed by atoms with Crippen molar-refractivity contribution >= 4 is 34.8 Å². The van der Waals surface area contributed by atoms with E-state index in [1.165, 1.54) is 37.9 Å². The third kappa shape index (κ3) is 5.32. The molecule has 9 nitrogen and oxygen atoms in total. The van der Waals surface area contributed by atoms with Gasteiger partial charge in [0.15, 0.2) is 0 Å². The fraction of sp³-hybridized carbons (Fsp3) is 0.190. The van der Waals surface area contributed by atoms with Crippen molar-refractivity contribution < 1.29 is 18.1 Å². The largest absolute Gasteiger partial charge is 0.469 e. The number of ether oxygens (including phenoxy) is 1. The van der Waals surface area contributed by atoms with Gasteiger partial charge in [0.05, 0.1) is 30.7 Å². The summed E-state index contributed by atoms with van der Waals surface area (Å²) in [6, 6.07) is 7.11. The zero-order chi connectivity index (χ0) is 24.1. The maximum absolute atomic E-state index is 14.1. The van der Waals surface area contributed by atoms with Crippen LogP contribution in [0.3, 0.4) is 0 Å². The van der Waals surface area contributed by atoms with Crippen LogP contribution < -0.4 is 11.2 Å². The van der Waals surface area contributed by atoms with E-state index < -0.39 is 34.0 Å². The van der Waals surface area contributed by atoms with Crippen LogP contribution in [0.25, 0.3) is 16.9 Å². The first kappa shape index (κ1) is 24.2. The molecule has 0 saturated heterocycles. The molecule has 0 aliphatic rings. The lowest BCUT2D eigenvalue weighted by Gasteiger charge is -2.15. The van der Waals surface area contributed by atoms with Crippen LogP contribution in [0.5, 0.6) is 0 Å². The normalized spacial score (nSPS) is 12.1. The van der Waals surface area contributed by atoms with Gasteiger partial charge < -0.3 is 4.74 Å². The molecule has 0 aliphatic carbocycles. The third-order valence-corrected chi connectivity index (χ3v) is 5.39. The van der Waals surface area contributed by atoms with Crippen LogP contribution in [0, 0.1) is 5.82 Å². The van der Waals surface area contributed by atoms with Crippen molar-refractivity contribution in [1.29, 1.82) is 0 Å². The van der Waals surface area contributed by atoms with Gasteiger partial charge in [0.1, 0.15) is 22.6 Å². The van der Waals surface area contributed by atoms with Crippen LogP contribution in [0.15, 0.2) is 56.7 Å². The second-order valence-corrected chi connectivity index (χ2v) is 8.10. The Hall–Kier alpha value is -3.44. The Labute approximate surface area is 194 Å². The van der Waals surface area contributed by atoms with Crippen molar-refractivity contribution in [2.75, 3.05) is 13.4 Å². The lowest BCUT2D eigenvalue weighted by atomic mass is 10.1. The van der Waals surface area contributed by atoms with Crippen LogP contribution >= 0.6 is 11.6 Å². The van der Waals surface area contributed by atoms with E-state index in [1.54, 1.807) is 12.1 Å².